The van der Waals surface area contributed by atoms with E-state index in [-0.39, 0.29) is 17.8 Å². The Balaban J connectivity index is 1.20. The van der Waals surface area contributed by atoms with Crippen molar-refractivity contribution in [2.75, 3.05) is 26.2 Å². The molecule has 0 aromatic heterocycles. The fraction of sp³-hybridized carbons (Fsp3) is 0.515. The fourth-order valence-electron chi connectivity index (χ4n) is 6.63. The number of phenolic OH excluding ortho intramolecular Hbond substituents is 1. The molecular weight excluding hydrogens is 532 g/mol. The third-order valence-electron chi connectivity index (χ3n) is 9.00. The summed E-state index contributed by atoms with van der Waals surface area (Å²) in [6.07, 6.45) is 8.63. The van der Waals surface area contributed by atoms with Gasteiger partial charge in [-0.25, -0.2) is 0 Å². The van der Waals surface area contributed by atoms with Gasteiger partial charge >= 0.3 is 23.6 Å². The van der Waals surface area contributed by atoms with Gasteiger partial charge in [0.25, 0.3) is 0 Å². The molecule has 42 heavy (non-hydrogen) atoms. The van der Waals surface area contributed by atoms with Crippen LogP contribution in [0.4, 0.5) is 0 Å². The van der Waals surface area contributed by atoms with Gasteiger partial charge < -0.3 is 25.1 Å². The molecule has 0 radical (unpaired) electrons. The first-order valence-corrected chi connectivity index (χ1v) is 15.4. The number of aromatic hydroxyl groups is 1. The molecule has 2 aromatic carbocycles. The minimum absolute atomic E-state index is 0.0422. The van der Waals surface area contributed by atoms with Gasteiger partial charge in [0.1, 0.15) is 5.75 Å². The first-order valence-electron chi connectivity index (χ1n) is 15.4. The monoisotopic (exact) mass is 574 g/mol. The molecule has 2 N–H and O–H groups in total. The summed E-state index contributed by atoms with van der Waals surface area (Å²) in [5.74, 6) is -1.27. The maximum absolute atomic E-state index is 13.4. The molecule has 9 heteroatoms. The molecule has 3 fully saturated rings. The summed E-state index contributed by atoms with van der Waals surface area (Å²) >= 11 is 0. The Labute approximate surface area is 247 Å². The highest BCUT2D eigenvalue weighted by Crippen LogP contribution is 2.27. The van der Waals surface area contributed by atoms with Gasteiger partial charge in [0.2, 0.25) is 0 Å². The van der Waals surface area contributed by atoms with E-state index >= 15 is 0 Å². The lowest BCUT2D eigenvalue weighted by molar-refractivity contribution is -0.159. The second kappa shape index (κ2) is 13.9. The molecule has 224 valence electrons. The zero-order chi connectivity index (χ0) is 29.5. The van der Waals surface area contributed by atoms with E-state index < -0.39 is 23.6 Å². The van der Waals surface area contributed by atoms with Crippen molar-refractivity contribution in [1.29, 1.82) is 0 Å². The number of phenols is 1. The van der Waals surface area contributed by atoms with Gasteiger partial charge in [0.15, 0.2) is 0 Å². The Kier molecular flexibility index (Phi) is 9.77. The molecule has 2 aromatic rings. The molecule has 1 aliphatic carbocycles. The number of unbranched alkanes of at least 4 members (excludes halogenated alkanes) is 1. The van der Waals surface area contributed by atoms with E-state index in [1.165, 1.54) is 19.3 Å². The third-order valence-corrected chi connectivity index (χ3v) is 9.00. The highest BCUT2D eigenvalue weighted by molar-refractivity contribution is 6.36. The third kappa shape index (κ3) is 7.30. The van der Waals surface area contributed by atoms with E-state index in [2.05, 4.69) is 5.32 Å². The van der Waals surface area contributed by atoms with Crippen LogP contribution < -0.4 is 5.32 Å². The van der Waals surface area contributed by atoms with E-state index in [0.717, 1.165) is 36.8 Å². The second-order valence-corrected chi connectivity index (χ2v) is 12.0. The zero-order valence-corrected chi connectivity index (χ0v) is 24.2. The van der Waals surface area contributed by atoms with Crippen molar-refractivity contribution in [3.63, 3.8) is 0 Å². The SMILES string of the molecule is O=C1NC[C@H](CCCCN2C[C@H](Cc3ccc(O)cc3)N(Cc3ccccc3)C(=O)C2=O)N(CC2CCCCC2)C1=O. The van der Waals surface area contributed by atoms with Crippen molar-refractivity contribution in [3.8, 4) is 5.75 Å². The summed E-state index contributed by atoms with van der Waals surface area (Å²) in [4.78, 5) is 56.6. The number of carbonyl (C=O) groups is 4. The first kappa shape index (κ1) is 29.6. The summed E-state index contributed by atoms with van der Waals surface area (Å²) < 4.78 is 0. The number of piperazine rings is 2. The first-order chi connectivity index (χ1) is 20.4. The van der Waals surface area contributed by atoms with Crippen LogP contribution in [0.2, 0.25) is 0 Å². The molecule has 0 spiro atoms. The molecule has 0 unspecified atom stereocenters. The molecule has 9 nitrogen and oxygen atoms in total. The van der Waals surface area contributed by atoms with Crippen molar-refractivity contribution in [2.45, 2.75) is 76.4 Å². The molecular formula is C33H42N4O5. The largest absolute Gasteiger partial charge is 0.508 e. The molecule has 5 rings (SSSR count). The van der Waals surface area contributed by atoms with Crippen molar-refractivity contribution >= 4 is 23.6 Å². The number of nitrogens with zero attached hydrogens (tertiary/aromatic N) is 3. The van der Waals surface area contributed by atoms with Crippen LogP contribution in [0.25, 0.3) is 0 Å². The van der Waals surface area contributed by atoms with Crippen LogP contribution in [0.5, 0.6) is 5.75 Å². The van der Waals surface area contributed by atoms with Crippen LogP contribution in [0.15, 0.2) is 54.6 Å². The summed E-state index contributed by atoms with van der Waals surface area (Å²) in [7, 11) is 0. The predicted octanol–water partition coefficient (Wildman–Crippen LogP) is 3.25. The lowest BCUT2D eigenvalue weighted by atomic mass is 9.88. The minimum atomic E-state index is -0.515. The smallest absolute Gasteiger partial charge is 0.312 e. The molecule has 4 amide bonds. The lowest BCUT2D eigenvalue weighted by Gasteiger charge is -2.41. The standard InChI is InChI=1S/C33H42N4O5/c38-29-16-14-24(15-17-29)19-28-23-35(32(41)33(42)37(28)22-26-11-5-2-6-12-26)18-8-7-13-27-20-34-30(39)31(40)36(27)21-25-9-3-1-4-10-25/h2,5-6,11-12,14-17,25,27-28,38H,1,3-4,7-10,13,18-23H2,(H,34,39)/t27-,28-/m0/s1. The Hall–Kier alpha value is -3.88. The van der Waals surface area contributed by atoms with Gasteiger partial charge in [-0.2, -0.15) is 0 Å². The number of nitrogens with one attached hydrogen (secondary N) is 1. The number of hydrogen-bond donors (Lipinski definition) is 2. The average Bonchev–Trinajstić information content (AvgIpc) is 3.01. The summed E-state index contributed by atoms with van der Waals surface area (Å²) in [5.41, 5.74) is 1.95. The number of hydrogen-bond acceptors (Lipinski definition) is 5. The quantitative estimate of drug-likeness (QED) is 0.316. The number of benzene rings is 2. The Morgan fingerprint density at radius 3 is 2.24 bits per heavy atom. The van der Waals surface area contributed by atoms with Gasteiger partial charge in [0.05, 0.1) is 6.04 Å². The highest BCUT2D eigenvalue weighted by atomic mass is 16.3. The zero-order valence-electron chi connectivity index (χ0n) is 24.2. The van der Waals surface area contributed by atoms with Crippen LogP contribution in [0, 0.1) is 5.92 Å². The molecule has 2 saturated heterocycles. The van der Waals surface area contributed by atoms with E-state index in [0.29, 0.717) is 51.5 Å². The van der Waals surface area contributed by atoms with Crippen molar-refractivity contribution < 1.29 is 24.3 Å². The Bertz CT molecular complexity index is 1240. The lowest BCUT2D eigenvalue weighted by Crippen LogP contribution is -2.60. The van der Waals surface area contributed by atoms with Crippen LogP contribution in [-0.4, -0.2) is 81.7 Å². The van der Waals surface area contributed by atoms with Crippen molar-refractivity contribution in [2.24, 2.45) is 5.92 Å². The Morgan fingerprint density at radius 1 is 0.762 bits per heavy atom. The van der Waals surface area contributed by atoms with E-state index in [4.69, 9.17) is 0 Å². The second-order valence-electron chi connectivity index (χ2n) is 12.0. The fourth-order valence-corrected chi connectivity index (χ4v) is 6.63. The molecule has 2 heterocycles. The van der Waals surface area contributed by atoms with E-state index in [1.54, 1.807) is 26.8 Å². The van der Waals surface area contributed by atoms with Crippen molar-refractivity contribution in [1.82, 2.24) is 20.0 Å². The summed E-state index contributed by atoms with van der Waals surface area (Å²) in [6, 6.07) is 16.4. The molecule has 3 aliphatic rings. The summed E-state index contributed by atoms with van der Waals surface area (Å²) in [5, 5.41) is 12.5. The summed E-state index contributed by atoms with van der Waals surface area (Å²) in [6.45, 7) is 2.36. The van der Waals surface area contributed by atoms with E-state index in [1.807, 2.05) is 42.5 Å². The number of carbonyl (C=O) groups excluding carboxylic acids is 4. The maximum Gasteiger partial charge on any atom is 0.312 e. The number of rotatable bonds is 11. The highest BCUT2D eigenvalue weighted by Gasteiger charge is 2.39. The van der Waals surface area contributed by atoms with Crippen LogP contribution in [0.3, 0.4) is 0 Å². The molecule has 0 bridgehead atoms. The maximum atomic E-state index is 13.4. The van der Waals surface area contributed by atoms with Gasteiger partial charge in [0, 0.05) is 38.8 Å². The molecule has 2 atom stereocenters. The molecule has 2 aliphatic heterocycles. The van der Waals surface area contributed by atoms with Crippen LogP contribution in [0.1, 0.15) is 62.5 Å². The predicted molar refractivity (Wildman–Crippen MR) is 158 cm³/mol. The molecule has 1 saturated carbocycles. The van der Waals surface area contributed by atoms with Crippen LogP contribution >= 0.6 is 0 Å². The van der Waals surface area contributed by atoms with Gasteiger partial charge in [-0.05, 0) is 67.7 Å². The van der Waals surface area contributed by atoms with Crippen LogP contribution in [-0.2, 0) is 32.1 Å². The number of amides is 4. The van der Waals surface area contributed by atoms with Gasteiger partial charge in [-0.15, -0.1) is 0 Å². The Morgan fingerprint density at radius 2 is 1.50 bits per heavy atom. The van der Waals surface area contributed by atoms with Gasteiger partial charge in [-0.1, -0.05) is 61.7 Å². The average molecular weight is 575 g/mol. The topological polar surface area (TPSA) is 110 Å². The normalized spacial score (nSPS) is 22.0. The van der Waals surface area contributed by atoms with Gasteiger partial charge in [-0.3, -0.25) is 19.2 Å². The minimum Gasteiger partial charge on any atom is -0.508 e. The van der Waals surface area contributed by atoms with E-state index in [9.17, 15) is 24.3 Å². The van der Waals surface area contributed by atoms with Crippen molar-refractivity contribution in [3.05, 3.63) is 65.7 Å².